The fourth-order valence-corrected chi connectivity index (χ4v) is 4.43. The van der Waals surface area contributed by atoms with Crippen molar-refractivity contribution < 1.29 is 19.6 Å². The molecule has 2 aromatic carbocycles. The molecule has 1 amide bonds. The van der Waals surface area contributed by atoms with Gasteiger partial charge in [-0.1, -0.05) is 48.5 Å². The number of carbonyl (C=O) groups excluding carboxylic acids is 1. The number of aromatic nitrogens is 1. The molecule has 0 radical (unpaired) electrons. The number of aliphatic carboxylic acids is 1. The number of benzene rings is 2. The van der Waals surface area contributed by atoms with E-state index in [1.54, 1.807) is 6.20 Å². The van der Waals surface area contributed by atoms with Gasteiger partial charge in [-0.2, -0.15) is 0 Å². The standard InChI is InChI=1S/C22H25N2O4P/c25-21(11-13-29(28)12-10-16-6-2-1-3-7-16)24-20(22(26)27)14-17-15-23-19-9-5-4-8-18(17)19/h1-9,15,20,23,28H,10-14H2,(H,24,25)(H,26,27). The minimum atomic E-state index is -1.25. The van der Waals surface area contributed by atoms with Crippen molar-refractivity contribution in [1.82, 2.24) is 10.3 Å². The van der Waals surface area contributed by atoms with Crippen LogP contribution in [0.15, 0.2) is 60.8 Å². The third-order valence-electron chi connectivity index (χ3n) is 4.83. The number of carboxylic acid groups (broad SMARTS) is 1. The van der Waals surface area contributed by atoms with Gasteiger partial charge < -0.3 is 20.3 Å². The Morgan fingerprint density at radius 2 is 1.76 bits per heavy atom. The highest BCUT2D eigenvalue weighted by molar-refractivity contribution is 7.51. The van der Waals surface area contributed by atoms with Crippen LogP contribution in [0.5, 0.6) is 0 Å². The van der Waals surface area contributed by atoms with E-state index in [1.807, 2.05) is 54.6 Å². The lowest BCUT2D eigenvalue weighted by Crippen LogP contribution is -2.42. The Balaban J connectivity index is 1.48. The average Bonchev–Trinajstić information content (AvgIpc) is 3.14. The molecule has 0 bridgehead atoms. The fraction of sp³-hybridized carbons (Fsp3) is 0.273. The summed E-state index contributed by atoms with van der Waals surface area (Å²) >= 11 is 0. The molecular formula is C22H25N2O4P. The Morgan fingerprint density at radius 3 is 2.52 bits per heavy atom. The molecular weight excluding hydrogens is 387 g/mol. The molecule has 29 heavy (non-hydrogen) atoms. The van der Waals surface area contributed by atoms with Crippen LogP contribution in [0.2, 0.25) is 0 Å². The summed E-state index contributed by atoms with van der Waals surface area (Å²) < 4.78 is 0. The van der Waals surface area contributed by atoms with Crippen molar-refractivity contribution in [3.05, 3.63) is 71.9 Å². The summed E-state index contributed by atoms with van der Waals surface area (Å²) in [7, 11) is -1.25. The number of nitrogens with one attached hydrogen (secondary N) is 2. The molecule has 0 aliphatic heterocycles. The van der Waals surface area contributed by atoms with Crippen LogP contribution >= 0.6 is 8.15 Å². The van der Waals surface area contributed by atoms with Gasteiger partial charge in [0.25, 0.3) is 0 Å². The minimum Gasteiger partial charge on any atom is -0.480 e. The van der Waals surface area contributed by atoms with Gasteiger partial charge in [0, 0.05) is 44.3 Å². The lowest BCUT2D eigenvalue weighted by molar-refractivity contribution is -0.141. The number of H-pyrrole nitrogens is 1. The monoisotopic (exact) mass is 412 g/mol. The second kappa shape index (κ2) is 10.2. The van der Waals surface area contributed by atoms with Crippen LogP contribution < -0.4 is 5.32 Å². The molecule has 3 aromatic rings. The Morgan fingerprint density at radius 1 is 1.03 bits per heavy atom. The van der Waals surface area contributed by atoms with Gasteiger partial charge >= 0.3 is 5.97 Å². The molecule has 7 heteroatoms. The summed E-state index contributed by atoms with van der Waals surface area (Å²) in [6.45, 7) is 0. The molecule has 0 saturated carbocycles. The van der Waals surface area contributed by atoms with E-state index >= 15 is 0 Å². The highest BCUT2D eigenvalue weighted by atomic mass is 31.1. The van der Waals surface area contributed by atoms with E-state index in [4.69, 9.17) is 0 Å². The third-order valence-corrected chi connectivity index (χ3v) is 6.31. The largest absolute Gasteiger partial charge is 0.480 e. The van der Waals surface area contributed by atoms with Crippen LogP contribution in [-0.2, 0) is 22.4 Å². The van der Waals surface area contributed by atoms with E-state index in [-0.39, 0.29) is 18.7 Å². The SMILES string of the molecule is O=C(CCP(O)CCc1ccccc1)NC(Cc1c[nH]c2ccccc12)C(=O)O. The van der Waals surface area contributed by atoms with Crippen LogP contribution in [0.1, 0.15) is 17.5 Å². The maximum Gasteiger partial charge on any atom is 0.326 e. The summed E-state index contributed by atoms with van der Waals surface area (Å²) in [6.07, 6.45) is 3.87. The van der Waals surface area contributed by atoms with Gasteiger partial charge in [0.1, 0.15) is 6.04 Å². The highest BCUT2D eigenvalue weighted by Gasteiger charge is 2.22. The van der Waals surface area contributed by atoms with Gasteiger partial charge in [-0.3, -0.25) is 4.79 Å². The Kier molecular flexibility index (Phi) is 7.39. The van der Waals surface area contributed by atoms with Crippen molar-refractivity contribution in [2.75, 3.05) is 12.3 Å². The van der Waals surface area contributed by atoms with Crippen LogP contribution in [0.25, 0.3) is 10.9 Å². The number of amides is 1. The Hall–Kier alpha value is -2.69. The van der Waals surface area contributed by atoms with Gasteiger partial charge in [-0.05, 0) is 29.8 Å². The Bertz CT molecular complexity index is 958. The molecule has 3 rings (SSSR count). The predicted octanol–water partition coefficient (Wildman–Crippen LogP) is 3.30. The molecule has 2 atom stereocenters. The number of aromatic amines is 1. The number of para-hydroxylation sites is 1. The molecule has 2 unspecified atom stereocenters. The first-order valence-corrected chi connectivity index (χ1v) is 11.2. The molecule has 1 aromatic heterocycles. The molecule has 6 nitrogen and oxygen atoms in total. The number of fused-ring (bicyclic) bond motifs is 1. The van der Waals surface area contributed by atoms with Crippen molar-refractivity contribution in [1.29, 1.82) is 0 Å². The molecule has 0 aliphatic rings. The van der Waals surface area contributed by atoms with E-state index in [0.717, 1.165) is 28.5 Å². The number of hydrogen-bond donors (Lipinski definition) is 4. The number of hydrogen-bond acceptors (Lipinski definition) is 3. The van der Waals surface area contributed by atoms with Crippen molar-refractivity contribution >= 4 is 30.9 Å². The molecule has 0 aliphatic carbocycles. The normalized spacial score (nSPS) is 13.1. The van der Waals surface area contributed by atoms with Crippen molar-refractivity contribution in [2.24, 2.45) is 0 Å². The molecule has 0 fully saturated rings. The van der Waals surface area contributed by atoms with Crippen molar-refractivity contribution in [2.45, 2.75) is 25.3 Å². The third kappa shape index (κ3) is 6.14. The first-order valence-electron chi connectivity index (χ1n) is 9.58. The van der Waals surface area contributed by atoms with Gasteiger partial charge in [0.05, 0.1) is 0 Å². The lowest BCUT2D eigenvalue weighted by atomic mass is 10.0. The number of aryl methyl sites for hydroxylation is 1. The van der Waals surface area contributed by atoms with Crippen molar-refractivity contribution in [3.63, 3.8) is 0 Å². The number of rotatable bonds is 10. The van der Waals surface area contributed by atoms with Gasteiger partial charge in [0.2, 0.25) is 5.91 Å². The van der Waals surface area contributed by atoms with Gasteiger partial charge in [0.15, 0.2) is 0 Å². The average molecular weight is 412 g/mol. The van der Waals surface area contributed by atoms with Gasteiger partial charge in [-0.15, -0.1) is 0 Å². The second-order valence-electron chi connectivity index (χ2n) is 6.96. The summed E-state index contributed by atoms with van der Waals surface area (Å²) in [5.41, 5.74) is 2.94. The maximum atomic E-state index is 12.2. The minimum absolute atomic E-state index is 0.120. The molecule has 0 saturated heterocycles. The number of carboxylic acids is 1. The van der Waals surface area contributed by atoms with Crippen molar-refractivity contribution in [3.8, 4) is 0 Å². The van der Waals surface area contributed by atoms with Crippen LogP contribution in [0.4, 0.5) is 0 Å². The summed E-state index contributed by atoms with van der Waals surface area (Å²) in [5.74, 6) is -1.42. The maximum absolute atomic E-state index is 12.2. The topological polar surface area (TPSA) is 102 Å². The van der Waals surface area contributed by atoms with E-state index in [0.29, 0.717) is 12.3 Å². The summed E-state index contributed by atoms with van der Waals surface area (Å²) in [4.78, 5) is 37.2. The smallest absolute Gasteiger partial charge is 0.326 e. The highest BCUT2D eigenvalue weighted by Crippen LogP contribution is 2.31. The van der Waals surface area contributed by atoms with E-state index in [1.165, 1.54) is 0 Å². The zero-order valence-corrected chi connectivity index (χ0v) is 16.9. The summed E-state index contributed by atoms with van der Waals surface area (Å²) in [5, 5.41) is 13.1. The molecule has 0 spiro atoms. The van der Waals surface area contributed by atoms with E-state index in [9.17, 15) is 19.6 Å². The zero-order valence-electron chi connectivity index (χ0n) is 16.0. The quantitative estimate of drug-likeness (QED) is 0.384. The van der Waals surface area contributed by atoms with Gasteiger partial charge in [-0.25, -0.2) is 4.79 Å². The van der Waals surface area contributed by atoms with Crippen LogP contribution in [0.3, 0.4) is 0 Å². The predicted molar refractivity (Wildman–Crippen MR) is 115 cm³/mol. The van der Waals surface area contributed by atoms with Crippen LogP contribution in [0, 0.1) is 0 Å². The summed E-state index contributed by atoms with van der Waals surface area (Å²) in [6, 6.07) is 16.5. The zero-order chi connectivity index (χ0) is 20.6. The molecule has 1 heterocycles. The van der Waals surface area contributed by atoms with E-state index in [2.05, 4.69) is 10.3 Å². The molecule has 4 N–H and O–H groups in total. The first-order chi connectivity index (χ1) is 14.0. The lowest BCUT2D eigenvalue weighted by Gasteiger charge is -2.15. The van der Waals surface area contributed by atoms with Crippen LogP contribution in [-0.4, -0.2) is 45.2 Å². The second-order valence-corrected chi connectivity index (χ2v) is 8.87. The first kappa shape index (κ1) is 21.0. The molecule has 152 valence electrons. The number of carbonyl (C=O) groups is 2. The van der Waals surface area contributed by atoms with E-state index < -0.39 is 20.2 Å². The Labute approximate surface area is 170 Å². The fourth-order valence-electron chi connectivity index (χ4n) is 3.23.